The summed E-state index contributed by atoms with van der Waals surface area (Å²) in [5.74, 6) is 0.896. The number of aromatic nitrogens is 5. The van der Waals surface area contributed by atoms with Crippen LogP contribution in [0.4, 0.5) is 5.69 Å². The van der Waals surface area contributed by atoms with Gasteiger partial charge in [-0.3, -0.25) is 15.0 Å². The monoisotopic (exact) mass is 348 g/mol. The number of nitrogens with one attached hydrogen (secondary N) is 3. The number of H-pyrrole nitrogens is 2. The van der Waals surface area contributed by atoms with E-state index in [0.717, 1.165) is 16.5 Å². The van der Waals surface area contributed by atoms with Crippen molar-refractivity contribution in [3.63, 3.8) is 0 Å². The van der Waals surface area contributed by atoms with E-state index in [1.165, 1.54) is 0 Å². The summed E-state index contributed by atoms with van der Waals surface area (Å²) in [5, 5.41) is 17.6. The molecule has 26 heavy (non-hydrogen) atoms. The van der Waals surface area contributed by atoms with Crippen LogP contribution in [0.1, 0.15) is 16.3 Å². The van der Waals surface area contributed by atoms with Crippen molar-refractivity contribution < 1.29 is 9.53 Å². The van der Waals surface area contributed by atoms with E-state index >= 15 is 0 Å². The van der Waals surface area contributed by atoms with Crippen molar-refractivity contribution in [3.8, 4) is 11.4 Å². The Kier molecular flexibility index (Phi) is 4.16. The fourth-order valence-electron chi connectivity index (χ4n) is 2.69. The van der Waals surface area contributed by atoms with Crippen LogP contribution in [0, 0.1) is 0 Å². The maximum atomic E-state index is 12.6. The Morgan fingerprint density at radius 1 is 1.12 bits per heavy atom. The number of amides is 1. The zero-order valence-corrected chi connectivity index (χ0v) is 14.0. The van der Waals surface area contributed by atoms with Crippen molar-refractivity contribution in [2.24, 2.45) is 0 Å². The second-order valence-corrected chi connectivity index (χ2v) is 5.69. The molecule has 0 aliphatic carbocycles. The predicted molar refractivity (Wildman–Crippen MR) is 96.6 cm³/mol. The molecule has 2 heterocycles. The average Bonchev–Trinajstić information content (AvgIpc) is 3.29. The second-order valence-electron chi connectivity index (χ2n) is 5.69. The van der Waals surface area contributed by atoms with Gasteiger partial charge in [0.2, 0.25) is 0 Å². The van der Waals surface area contributed by atoms with E-state index in [1.54, 1.807) is 13.2 Å². The van der Waals surface area contributed by atoms with E-state index < -0.39 is 0 Å². The molecule has 0 saturated carbocycles. The van der Waals surface area contributed by atoms with Gasteiger partial charge in [0.15, 0.2) is 17.3 Å². The van der Waals surface area contributed by atoms with Crippen LogP contribution >= 0.6 is 0 Å². The topological polar surface area (TPSA) is 109 Å². The maximum Gasteiger partial charge on any atom is 0.276 e. The summed E-state index contributed by atoms with van der Waals surface area (Å²) in [7, 11) is 1.59. The number of para-hydroxylation sites is 1. The van der Waals surface area contributed by atoms with Crippen LogP contribution in [0.2, 0.25) is 0 Å². The first kappa shape index (κ1) is 16.0. The van der Waals surface area contributed by atoms with Crippen LogP contribution in [-0.2, 0) is 11.3 Å². The fraction of sp³-hybridized carbons (Fsp3) is 0.111. The number of carbonyl (C=O) groups excluding carboxylic acids is 1. The molecule has 0 aliphatic heterocycles. The summed E-state index contributed by atoms with van der Waals surface area (Å²) in [5.41, 5.74) is 2.59. The molecule has 0 atom stereocenters. The second kappa shape index (κ2) is 6.77. The number of anilines is 1. The molecule has 0 radical (unpaired) electrons. The van der Waals surface area contributed by atoms with E-state index in [4.69, 9.17) is 4.74 Å². The zero-order chi connectivity index (χ0) is 17.9. The van der Waals surface area contributed by atoms with Crippen molar-refractivity contribution in [1.29, 1.82) is 0 Å². The Labute approximate surface area is 148 Å². The molecule has 8 heteroatoms. The molecule has 0 unspecified atom stereocenters. The Bertz CT molecular complexity index is 1070. The first-order valence-corrected chi connectivity index (χ1v) is 7.99. The van der Waals surface area contributed by atoms with Gasteiger partial charge in [-0.1, -0.05) is 30.3 Å². The molecular formula is C18H16N6O2. The van der Waals surface area contributed by atoms with Crippen LogP contribution in [0.3, 0.4) is 0 Å². The van der Waals surface area contributed by atoms with Gasteiger partial charge in [0.1, 0.15) is 6.61 Å². The summed E-state index contributed by atoms with van der Waals surface area (Å²) >= 11 is 0. The summed E-state index contributed by atoms with van der Waals surface area (Å²) in [6, 6.07) is 14.8. The van der Waals surface area contributed by atoms with E-state index in [0.29, 0.717) is 29.6 Å². The van der Waals surface area contributed by atoms with Crippen molar-refractivity contribution in [1.82, 2.24) is 25.4 Å². The maximum absolute atomic E-state index is 12.6. The fourth-order valence-corrected chi connectivity index (χ4v) is 2.69. The van der Waals surface area contributed by atoms with Crippen LogP contribution in [-0.4, -0.2) is 38.4 Å². The molecule has 0 bridgehead atoms. The third-order valence-corrected chi connectivity index (χ3v) is 3.88. The highest BCUT2D eigenvalue weighted by atomic mass is 16.5. The molecule has 0 spiro atoms. The van der Waals surface area contributed by atoms with Gasteiger partial charge in [-0.05, 0) is 18.2 Å². The molecule has 3 N–H and O–H groups in total. The number of aromatic amines is 2. The number of hydrogen-bond donors (Lipinski definition) is 3. The minimum atomic E-state index is -0.283. The van der Waals surface area contributed by atoms with Gasteiger partial charge in [0.05, 0.1) is 5.52 Å². The first-order chi connectivity index (χ1) is 12.7. The Hall–Kier alpha value is -3.52. The number of fused-ring (bicyclic) bond motifs is 1. The smallest absolute Gasteiger partial charge is 0.276 e. The third-order valence-electron chi connectivity index (χ3n) is 3.88. The quantitative estimate of drug-likeness (QED) is 0.514. The number of ether oxygens (including phenoxy) is 1. The lowest BCUT2D eigenvalue weighted by molar-refractivity contribution is 0.102. The van der Waals surface area contributed by atoms with Gasteiger partial charge in [0.25, 0.3) is 5.91 Å². The Balaban J connectivity index is 1.57. The molecule has 2 aromatic carbocycles. The molecule has 0 aliphatic rings. The molecule has 1 amide bonds. The van der Waals surface area contributed by atoms with E-state index in [2.05, 4.69) is 30.7 Å². The SMILES string of the molecule is COCc1nc(-c2cccc(NC(=O)c3n[nH]c4ccccc34)c2)n[nH]1. The summed E-state index contributed by atoms with van der Waals surface area (Å²) in [6.07, 6.45) is 0. The van der Waals surface area contributed by atoms with Gasteiger partial charge in [-0.25, -0.2) is 4.98 Å². The summed E-state index contributed by atoms with van der Waals surface area (Å²) < 4.78 is 5.03. The minimum Gasteiger partial charge on any atom is -0.377 e. The van der Waals surface area contributed by atoms with E-state index in [-0.39, 0.29) is 5.91 Å². The number of methoxy groups -OCH3 is 1. The third kappa shape index (κ3) is 3.05. The highest BCUT2D eigenvalue weighted by Gasteiger charge is 2.14. The highest BCUT2D eigenvalue weighted by Crippen LogP contribution is 2.21. The van der Waals surface area contributed by atoms with E-state index in [9.17, 15) is 4.79 Å². The number of rotatable bonds is 5. The summed E-state index contributed by atoms with van der Waals surface area (Å²) in [6.45, 7) is 0.357. The lowest BCUT2D eigenvalue weighted by Gasteiger charge is -2.05. The molecule has 4 rings (SSSR count). The van der Waals surface area contributed by atoms with Crippen molar-refractivity contribution >= 4 is 22.5 Å². The molecule has 8 nitrogen and oxygen atoms in total. The molecule has 2 aromatic heterocycles. The standard InChI is InChI=1S/C18H16N6O2/c1-26-10-15-20-17(24-22-15)11-5-4-6-12(9-11)19-18(25)16-13-7-2-3-8-14(13)21-23-16/h2-9H,10H2,1H3,(H,19,25)(H,21,23)(H,20,22,24). The van der Waals surface area contributed by atoms with Gasteiger partial charge in [0, 0.05) is 23.7 Å². The Morgan fingerprint density at radius 2 is 2.00 bits per heavy atom. The normalized spacial score (nSPS) is 11.0. The van der Waals surface area contributed by atoms with Crippen molar-refractivity contribution in [2.45, 2.75) is 6.61 Å². The highest BCUT2D eigenvalue weighted by molar-refractivity contribution is 6.11. The number of nitrogens with zero attached hydrogens (tertiary/aromatic N) is 3. The molecule has 0 saturated heterocycles. The van der Waals surface area contributed by atoms with Crippen LogP contribution in [0.25, 0.3) is 22.3 Å². The summed E-state index contributed by atoms with van der Waals surface area (Å²) in [4.78, 5) is 16.9. The van der Waals surface area contributed by atoms with Crippen molar-refractivity contribution in [2.75, 3.05) is 12.4 Å². The molecule has 0 fully saturated rings. The first-order valence-electron chi connectivity index (χ1n) is 7.99. The Morgan fingerprint density at radius 3 is 2.88 bits per heavy atom. The number of benzene rings is 2. The average molecular weight is 348 g/mol. The largest absolute Gasteiger partial charge is 0.377 e. The lowest BCUT2D eigenvalue weighted by Crippen LogP contribution is -2.12. The van der Waals surface area contributed by atoms with Crippen LogP contribution in [0.5, 0.6) is 0 Å². The van der Waals surface area contributed by atoms with E-state index in [1.807, 2.05) is 42.5 Å². The van der Waals surface area contributed by atoms with Crippen LogP contribution in [0.15, 0.2) is 48.5 Å². The van der Waals surface area contributed by atoms with Gasteiger partial charge in [-0.2, -0.15) is 10.2 Å². The predicted octanol–water partition coefficient (Wildman–Crippen LogP) is 2.75. The number of carbonyl (C=O) groups is 1. The minimum absolute atomic E-state index is 0.283. The molecule has 4 aromatic rings. The van der Waals surface area contributed by atoms with Crippen molar-refractivity contribution in [3.05, 3.63) is 60.0 Å². The van der Waals surface area contributed by atoms with Crippen LogP contribution < -0.4 is 5.32 Å². The molecular weight excluding hydrogens is 332 g/mol. The van der Waals surface area contributed by atoms with Gasteiger partial charge >= 0.3 is 0 Å². The number of hydrogen-bond acceptors (Lipinski definition) is 5. The lowest BCUT2D eigenvalue weighted by atomic mass is 10.1. The van der Waals surface area contributed by atoms with Gasteiger partial charge in [-0.15, -0.1) is 0 Å². The zero-order valence-electron chi connectivity index (χ0n) is 14.0. The molecule has 130 valence electrons. The van der Waals surface area contributed by atoms with Gasteiger partial charge < -0.3 is 10.1 Å².